The van der Waals surface area contributed by atoms with Crippen LogP contribution in [0.1, 0.15) is 40.0 Å². The molecule has 0 aromatic heterocycles. The monoisotopic (exact) mass is 446 g/mol. The fraction of sp³-hybridized carbons (Fsp3) is 0.200. The van der Waals surface area contributed by atoms with E-state index < -0.39 is 0 Å². The van der Waals surface area contributed by atoms with Crippen LogP contribution in [0.15, 0.2) is 69.1 Å². The van der Waals surface area contributed by atoms with Gasteiger partial charge in [-0.3, -0.25) is 9.59 Å². The summed E-state index contributed by atoms with van der Waals surface area (Å²) in [5, 5.41) is 0. The molecule has 3 rings (SSSR count). The van der Waals surface area contributed by atoms with Gasteiger partial charge in [0.1, 0.15) is 0 Å². The number of carbonyl (C=O) groups excluding carboxylic acids is 2. The molecular formula is C20H16Br2O2. The molecular weight excluding hydrogens is 432 g/mol. The Labute approximate surface area is 158 Å². The van der Waals surface area contributed by atoms with E-state index in [4.69, 9.17) is 0 Å². The predicted molar refractivity (Wildman–Crippen MR) is 102 cm³/mol. The summed E-state index contributed by atoms with van der Waals surface area (Å²) in [6, 6.07) is 14.7. The van der Waals surface area contributed by atoms with Crippen molar-refractivity contribution < 1.29 is 9.59 Å². The number of halogens is 2. The minimum Gasteiger partial charge on any atom is -0.294 e. The predicted octanol–water partition coefficient (Wildman–Crippen LogP) is 6.00. The third kappa shape index (κ3) is 3.93. The van der Waals surface area contributed by atoms with Crippen LogP contribution in [0.2, 0.25) is 0 Å². The summed E-state index contributed by atoms with van der Waals surface area (Å²) < 4.78 is 1.90. The first-order valence-electron chi connectivity index (χ1n) is 7.83. The molecule has 0 spiro atoms. The molecule has 2 aromatic rings. The smallest absolute Gasteiger partial charge is 0.188 e. The molecule has 0 fully saturated rings. The largest absolute Gasteiger partial charge is 0.294 e. The van der Waals surface area contributed by atoms with E-state index in [-0.39, 0.29) is 17.5 Å². The van der Waals surface area contributed by atoms with Crippen molar-refractivity contribution in [3.8, 4) is 0 Å². The third-order valence-corrected chi connectivity index (χ3v) is 5.34. The van der Waals surface area contributed by atoms with E-state index in [9.17, 15) is 9.59 Å². The van der Waals surface area contributed by atoms with Gasteiger partial charge in [0.15, 0.2) is 11.6 Å². The van der Waals surface area contributed by atoms with Crippen molar-refractivity contribution in [1.29, 1.82) is 0 Å². The first-order valence-corrected chi connectivity index (χ1v) is 9.42. The van der Waals surface area contributed by atoms with Gasteiger partial charge >= 0.3 is 0 Å². The van der Waals surface area contributed by atoms with Gasteiger partial charge in [-0.1, -0.05) is 50.1 Å². The van der Waals surface area contributed by atoms with Crippen molar-refractivity contribution in [3.63, 3.8) is 0 Å². The van der Waals surface area contributed by atoms with E-state index in [1.807, 2.05) is 54.6 Å². The highest BCUT2D eigenvalue weighted by molar-refractivity contribution is 9.10. The van der Waals surface area contributed by atoms with Gasteiger partial charge in [-0.25, -0.2) is 0 Å². The van der Waals surface area contributed by atoms with Crippen LogP contribution in [0.25, 0.3) is 0 Å². The number of hydrogen-bond acceptors (Lipinski definition) is 2. The van der Waals surface area contributed by atoms with Gasteiger partial charge in [-0.2, -0.15) is 0 Å². The molecule has 4 heteroatoms. The van der Waals surface area contributed by atoms with Crippen LogP contribution in [0.5, 0.6) is 0 Å². The van der Waals surface area contributed by atoms with Crippen molar-refractivity contribution in [2.75, 3.05) is 0 Å². The van der Waals surface area contributed by atoms with Gasteiger partial charge in [-0.05, 0) is 60.7 Å². The van der Waals surface area contributed by atoms with Crippen LogP contribution < -0.4 is 0 Å². The normalized spacial score (nSPS) is 16.8. The Kier molecular flexibility index (Phi) is 5.47. The van der Waals surface area contributed by atoms with Gasteiger partial charge in [-0.15, -0.1) is 0 Å². The number of carbonyl (C=O) groups is 2. The minimum atomic E-state index is 0.0114. The van der Waals surface area contributed by atoms with Crippen LogP contribution in [0.3, 0.4) is 0 Å². The fourth-order valence-corrected chi connectivity index (χ4v) is 3.53. The van der Waals surface area contributed by atoms with E-state index >= 15 is 0 Å². The molecule has 0 unspecified atom stereocenters. The lowest BCUT2D eigenvalue weighted by Crippen LogP contribution is -2.14. The SMILES string of the molecule is O=C(C[C@@H]1CCC=C1C(=O)c1ccc(Br)cc1)c1ccc(Br)cc1. The summed E-state index contributed by atoms with van der Waals surface area (Å²) in [5.41, 5.74) is 2.15. The van der Waals surface area contributed by atoms with Crippen LogP contribution in [0.4, 0.5) is 0 Å². The number of allylic oxidation sites excluding steroid dienone is 2. The number of benzene rings is 2. The molecule has 0 radical (unpaired) electrons. The summed E-state index contributed by atoms with van der Waals surface area (Å²) in [6.45, 7) is 0. The van der Waals surface area contributed by atoms with E-state index in [1.165, 1.54) is 0 Å². The maximum atomic E-state index is 12.7. The van der Waals surface area contributed by atoms with Crippen LogP contribution in [-0.4, -0.2) is 11.6 Å². The topological polar surface area (TPSA) is 34.1 Å². The van der Waals surface area contributed by atoms with Gasteiger partial charge in [0, 0.05) is 26.5 Å². The Balaban J connectivity index is 1.73. The lowest BCUT2D eigenvalue weighted by atomic mass is 9.88. The van der Waals surface area contributed by atoms with Crippen molar-refractivity contribution in [3.05, 3.63) is 80.3 Å². The van der Waals surface area contributed by atoms with Crippen molar-refractivity contribution in [1.82, 2.24) is 0 Å². The maximum Gasteiger partial charge on any atom is 0.188 e. The zero-order valence-corrected chi connectivity index (χ0v) is 16.1. The quantitative estimate of drug-likeness (QED) is 0.526. The van der Waals surface area contributed by atoms with Gasteiger partial charge in [0.2, 0.25) is 0 Å². The second kappa shape index (κ2) is 7.58. The zero-order valence-electron chi connectivity index (χ0n) is 13.0. The van der Waals surface area contributed by atoms with Crippen molar-refractivity contribution >= 4 is 43.4 Å². The molecule has 0 N–H and O–H groups in total. The van der Waals surface area contributed by atoms with Crippen molar-refractivity contribution in [2.45, 2.75) is 19.3 Å². The van der Waals surface area contributed by atoms with E-state index in [0.717, 1.165) is 27.4 Å². The molecule has 1 atom stereocenters. The Bertz CT molecular complexity index is 789. The lowest BCUT2D eigenvalue weighted by molar-refractivity contribution is 0.0960. The molecule has 24 heavy (non-hydrogen) atoms. The van der Waals surface area contributed by atoms with Crippen LogP contribution >= 0.6 is 31.9 Å². The van der Waals surface area contributed by atoms with Gasteiger partial charge < -0.3 is 0 Å². The molecule has 122 valence electrons. The molecule has 0 aliphatic heterocycles. The van der Waals surface area contributed by atoms with E-state index in [2.05, 4.69) is 31.9 Å². The highest BCUT2D eigenvalue weighted by Gasteiger charge is 2.27. The number of hydrogen-bond donors (Lipinski definition) is 0. The number of Topliss-reactive ketones (excluding diaryl/α,β-unsaturated/α-hetero) is 2. The van der Waals surface area contributed by atoms with Crippen LogP contribution in [-0.2, 0) is 0 Å². The first-order chi connectivity index (χ1) is 11.5. The average Bonchev–Trinajstić information content (AvgIpc) is 3.03. The summed E-state index contributed by atoms with van der Waals surface area (Å²) in [5.74, 6) is 0.134. The lowest BCUT2D eigenvalue weighted by Gasteiger charge is -2.14. The molecule has 0 heterocycles. The summed E-state index contributed by atoms with van der Waals surface area (Å²) in [7, 11) is 0. The Morgan fingerprint density at radius 1 is 0.875 bits per heavy atom. The summed E-state index contributed by atoms with van der Waals surface area (Å²) >= 11 is 6.75. The second-order valence-electron chi connectivity index (χ2n) is 5.90. The Morgan fingerprint density at radius 2 is 1.42 bits per heavy atom. The van der Waals surface area contributed by atoms with Gasteiger partial charge in [0.05, 0.1) is 0 Å². The molecule has 1 aliphatic carbocycles. The molecule has 0 bridgehead atoms. The Morgan fingerprint density at radius 3 is 2.00 bits per heavy atom. The average molecular weight is 448 g/mol. The molecule has 0 saturated carbocycles. The highest BCUT2D eigenvalue weighted by atomic mass is 79.9. The number of rotatable bonds is 5. The summed E-state index contributed by atoms with van der Waals surface area (Å²) in [6.07, 6.45) is 4.09. The molecule has 0 amide bonds. The zero-order chi connectivity index (χ0) is 17.1. The van der Waals surface area contributed by atoms with E-state index in [0.29, 0.717) is 17.5 Å². The van der Waals surface area contributed by atoms with Crippen molar-refractivity contribution in [2.24, 2.45) is 5.92 Å². The van der Waals surface area contributed by atoms with Crippen LogP contribution in [0, 0.1) is 5.92 Å². The molecule has 2 nitrogen and oxygen atoms in total. The first kappa shape index (κ1) is 17.3. The van der Waals surface area contributed by atoms with E-state index in [1.54, 1.807) is 0 Å². The van der Waals surface area contributed by atoms with Gasteiger partial charge in [0.25, 0.3) is 0 Å². The fourth-order valence-electron chi connectivity index (χ4n) is 3.00. The number of ketones is 2. The Hall–Kier alpha value is -1.52. The standard InChI is InChI=1S/C20H16Br2O2/c21-16-8-4-13(5-9-16)19(23)12-15-2-1-3-18(15)20(24)14-6-10-17(22)11-7-14/h3-11,15H,1-2,12H2/t15-/m0/s1. The third-order valence-electron chi connectivity index (χ3n) is 4.29. The molecule has 1 aliphatic rings. The summed E-state index contributed by atoms with van der Waals surface area (Å²) in [4.78, 5) is 25.2. The molecule has 2 aromatic carbocycles. The minimum absolute atomic E-state index is 0.0114. The highest BCUT2D eigenvalue weighted by Crippen LogP contribution is 2.32. The second-order valence-corrected chi connectivity index (χ2v) is 7.74. The molecule has 0 saturated heterocycles. The maximum absolute atomic E-state index is 12.7.